The number of pyridine rings is 1. The lowest BCUT2D eigenvalue weighted by Gasteiger charge is -2.27. The van der Waals surface area contributed by atoms with Gasteiger partial charge in [0.1, 0.15) is 17.6 Å². The molecule has 2 heterocycles. The predicted molar refractivity (Wildman–Crippen MR) is 117 cm³/mol. The van der Waals surface area contributed by atoms with Crippen LogP contribution in [0.2, 0.25) is 0 Å². The molecule has 4 rings (SSSR count). The van der Waals surface area contributed by atoms with Crippen LogP contribution >= 0.6 is 0 Å². The van der Waals surface area contributed by atoms with E-state index >= 15 is 0 Å². The number of carbonyl (C=O) groups is 2. The zero-order valence-corrected chi connectivity index (χ0v) is 17.5. The van der Waals surface area contributed by atoms with E-state index in [9.17, 15) is 9.59 Å². The molecule has 2 aromatic carbocycles. The van der Waals surface area contributed by atoms with Gasteiger partial charge in [0.2, 0.25) is 5.91 Å². The van der Waals surface area contributed by atoms with Crippen molar-refractivity contribution in [3.63, 3.8) is 0 Å². The van der Waals surface area contributed by atoms with Crippen LogP contribution < -0.4 is 15.2 Å². The van der Waals surface area contributed by atoms with Gasteiger partial charge in [-0.1, -0.05) is 26.0 Å². The Labute approximate surface area is 181 Å². The summed E-state index contributed by atoms with van der Waals surface area (Å²) in [6.07, 6.45) is 3.36. The van der Waals surface area contributed by atoms with Crippen LogP contribution in [0.15, 0.2) is 60.9 Å². The highest BCUT2D eigenvalue weighted by atomic mass is 16.5. The lowest BCUT2D eigenvalue weighted by Crippen LogP contribution is -2.18. The summed E-state index contributed by atoms with van der Waals surface area (Å²) in [5.41, 5.74) is 9.06. The lowest BCUT2D eigenvalue weighted by molar-refractivity contribution is 0.0930. The summed E-state index contributed by atoms with van der Waals surface area (Å²) in [4.78, 5) is 27.9. The zero-order valence-electron chi connectivity index (χ0n) is 17.5. The fraction of sp³-hybridized carbons (Fsp3) is 0.240. The van der Waals surface area contributed by atoms with E-state index in [-0.39, 0.29) is 11.7 Å². The van der Waals surface area contributed by atoms with Crippen molar-refractivity contribution in [3.05, 3.63) is 88.7 Å². The van der Waals surface area contributed by atoms with E-state index in [0.29, 0.717) is 35.7 Å². The van der Waals surface area contributed by atoms with Gasteiger partial charge in [0.15, 0.2) is 5.78 Å². The second kappa shape index (κ2) is 8.60. The van der Waals surface area contributed by atoms with Crippen molar-refractivity contribution in [1.29, 1.82) is 0 Å². The van der Waals surface area contributed by atoms with Crippen LogP contribution in [-0.4, -0.2) is 23.3 Å². The lowest BCUT2D eigenvalue weighted by atomic mass is 9.93. The molecule has 6 nitrogen and oxygen atoms in total. The summed E-state index contributed by atoms with van der Waals surface area (Å²) < 4.78 is 12.4. The highest BCUT2D eigenvalue weighted by Crippen LogP contribution is 2.42. The molecule has 158 valence electrons. The normalized spacial score (nSPS) is 14.0. The molecule has 1 aliphatic rings. The van der Waals surface area contributed by atoms with Crippen molar-refractivity contribution in [2.24, 2.45) is 5.73 Å². The van der Waals surface area contributed by atoms with E-state index < -0.39 is 12.0 Å². The molecular formula is C25H24N2O4. The van der Waals surface area contributed by atoms with E-state index in [1.54, 1.807) is 30.6 Å². The first-order chi connectivity index (χ1) is 15.0. The van der Waals surface area contributed by atoms with Crippen molar-refractivity contribution < 1.29 is 19.1 Å². The summed E-state index contributed by atoms with van der Waals surface area (Å²) in [5.74, 6) is 0.964. The summed E-state index contributed by atoms with van der Waals surface area (Å²) >= 11 is 0. The van der Waals surface area contributed by atoms with Crippen molar-refractivity contribution in [2.75, 3.05) is 6.61 Å². The topological polar surface area (TPSA) is 91.5 Å². The number of aromatic nitrogens is 1. The molecular weight excluding hydrogens is 392 g/mol. The van der Waals surface area contributed by atoms with Gasteiger partial charge in [-0.25, -0.2) is 0 Å². The van der Waals surface area contributed by atoms with Gasteiger partial charge in [-0.2, -0.15) is 0 Å². The summed E-state index contributed by atoms with van der Waals surface area (Å²) in [5, 5.41) is 0. The Hall–Kier alpha value is -3.67. The highest BCUT2D eigenvalue weighted by molar-refractivity contribution is 6.00. The van der Waals surface area contributed by atoms with Crippen molar-refractivity contribution in [1.82, 2.24) is 4.98 Å². The number of nitrogens with two attached hydrogens (primary N) is 1. The standard InChI is InChI=1S/C25H24N2O4/c1-15(2)22-21(8-7-19-20(28)11-14-30-24(19)22)31-23(17-9-12-27-13-10-17)16-3-5-18(6-4-16)25(26)29/h3-10,12-13,15,23H,11,14H2,1-2H3,(H2,26,29)/t23-/m1/s1. The highest BCUT2D eigenvalue weighted by Gasteiger charge is 2.27. The Morgan fingerprint density at radius 3 is 2.35 bits per heavy atom. The van der Waals surface area contributed by atoms with Crippen LogP contribution in [0.25, 0.3) is 0 Å². The number of ether oxygens (including phenoxy) is 2. The summed E-state index contributed by atoms with van der Waals surface area (Å²) in [6, 6.07) is 14.4. The number of Topliss-reactive ketones (excluding diaryl/α,β-unsaturated/α-hetero) is 1. The minimum atomic E-state index is -0.480. The number of fused-ring (bicyclic) bond motifs is 1. The molecule has 1 aromatic heterocycles. The Balaban J connectivity index is 1.79. The number of hydrogen-bond donors (Lipinski definition) is 1. The summed E-state index contributed by atoms with van der Waals surface area (Å²) in [6.45, 7) is 4.47. The Morgan fingerprint density at radius 1 is 1.03 bits per heavy atom. The van der Waals surface area contributed by atoms with E-state index in [1.807, 2.05) is 44.2 Å². The number of rotatable bonds is 6. The third-order valence-electron chi connectivity index (χ3n) is 5.36. The second-order valence-electron chi connectivity index (χ2n) is 7.80. The van der Waals surface area contributed by atoms with Gasteiger partial charge in [-0.05, 0) is 53.4 Å². The Morgan fingerprint density at radius 2 is 1.71 bits per heavy atom. The first kappa shape index (κ1) is 20.6. The molecule has 1 aliphatic heterocycles. The van der Waals surface area contributed by atoms with Crippen LogP contribution in [0, 0.1) is 0 Å². The molecule has 0 saturated carbocycles. The monoisotopic (exact) mass is 416 g/mol. The SMILES string of the molecule is CC(C)c1c(O[C@@H](c2ccncc2)c2ccc(C(N)=O)cc2)ccc2c1OCCC2=O. The van der Waals surface area contributed by atoms with E-state index in [2.05, 4.69) is 4.98 Å². The molecule has 0 saturated heterocycles. The fourth-order valence-corrected chi connectivity index (χ4v) is 3.80. The third-order valence-corrected chi connectivity index (χ3v) is 5.36. The van der Waals surface area contributed by atoms with Crippen molar-refractivity contribution in [2.45, 2.75) is 32.3 Å². The number of benzene rings is 2. The number of primary amides is 1. The van der Waals surface area contributed by atoms with Crippen molar-refractivity contribution >= 4 is 11.7 Å². The molecule has 3 aromatic rings. The van der Waals surface area contributed by atoms with Crippen LogP contribution in [0.3, 0.4) is 0 Å². The van der Waals surface area contributed by atoms with Gasteiger partial charge in [0.05, 0.1) is 12.2 Å². The van der Waals surface area contributed by atoms with Gasteiger partial charge >= 0.3 is 0 Å². The van der Waals surface area contributed by atoms with Gasteiger partial charge < -0.3 is 15.2 Å². The average Bonchev–Trinajstić information content (AvgIpc) is 2.78. The maximum Gasteiger partial charge on any atom is 0.248 e. The minimum absolute atomic E-state index is 0.0856. The number of carbonyl (C=O) groups excluding carboxylic acids is 2. The van der Waals surface area contributed by atoms with Crippen molar-refractivity contribution in [3.8, 4) is 11.5 Å². The van der Waals surface area contributed by atoms with E-state index in [0.717, 1.165) is 16.7 Å². The first-order valence-corrected chi connectivity index (χ1v) is 10.2. The molecule has 0 radical (unpaired) electrons. The zero-order chi connectivity index (χ0) is 22.0. The number of ketones is 1. The number of amides is 1. The molecule has 1 atom stereocenters. The molecule has 0 bridgehead atoms. The average molecular weight is 416 g/mol. The van der Waals surface area contributed by atoms with E-state index in [1.165, 1.54) is 0 Å². The maximum absolute atomic E-state index is 12.4. The number of hydrogen-bond acceptors (Lipinski definition) is 5. The Kier molecular flexibility index (Phi) is 5.71. The molecule has 0 fully saturated rings. The van der Waals surface area contributed by atoms with E-state index in [4.69, 9.17) is 15.2 Å². The van der Waals surface area contributed by atoms with Crippen LogP contribution in [0.4, 0.5) is 0 Å². The number of nitrogens with zero attached hydrogens (tertiary/aromatic N) is 1. The first-order valence-electron chi connectivity index (χ1n) is 10.2. The van der Waals surface area contributed by atoms with Gasteiger partial charge in [0.25, 0.3) is 0 Å². The fourth-order valence-electron chi connectivity index (χ4n) is 3.80. The van der Waals surface area contributed by atoms with Crippen LogP contribution in [-0.2, 0) is 0 Å². The molecule has 1 amide bonds. The molecule has 0 unspecified atom stereocenters. The molecule has 31 heavy (non-hydrogen) atoms. The largest absolute Gasteiger partial charge is 0.492 e. The van der Waals surface area contributed by atoms with Gasteiger partial charge in [-0.15, -0.1) is 0 Å². The maximum atomic E-state index is 12.4. The molecule has 0 spiro atoms. The summed E-state index contributed by atoms with van der Waals surface area (Å²) in [7, 11) is 0. The smallest absolute Gasteiger partial charge is 0.248 e. The van der Waals surface area contributed by atoms with Gasteiger partial charge in [0, 0.05) is 29.9 Å². The molecule has 2 N–H and O–H groups in total. The molecule has 6 heteroatoms. The second-order valence-corrected chi connectivity index (χ2v) is 7.80. The van der Waals surface area contributed by atoms with Gasteiger partial charge in [-0.3, -0.25) is 14.6 Å². The molecule has 0 aliphatic carbocycles. The van der Waals surface area contributed by atoms with Crippen LogP contribution in [0.1, 0.15) is 69.7 Å². The third kappa shape index (κ3) is 4.14. The quantitative estimate of drug-likeness (QED) is 0.641. The predicted octanol–water partition coefficient (Wildman–Crippen LogP) is 4.44. The Bertz CT molecular complexity index is 1110. The minimum Gasteiger partial charge on any atom is -0.492 e. The van der Waals surface area contributed by atoms with Crippen LogP contribution in [0.5, 0.6) is 11.5 Å².